The minimum atomic E-state index is -0.847. The van der Waals surface area contributed by atoms with Gasteiger partial charge < -0.3 is 9.84 Å². The molecule has 1 aromatic rings. The molecule has 0 radical (unpaired) electrons. The Morgan fingerprint density at radius 3 is 3.06 bits per heavy atom. The molecule has 1 aliphatic rings. The molecule has 5 nitrogen and oxygen atoms in total. The van der Waals surface area contributed by atoms with Crippen molar-refractivity contribution in [3.05, 3.63) is 29.8 Å². The van der Waals surface area contributed by atoms with Gasteiger partial charge in [-0.15, -0.1) is 11.8 Å². The number of benzene rings is 1. The van der Waals surface area contributed by atoms with Crippen LogP contribution in [0.2, 0.25) is 0 Å². The summed E-state index contributed by atoms with van der Waals surface area (Å²) in [5.74, 6) is 0.294. The van der Waals surface area contributed by atoms with Crippen molar-refractivity contribution >= 4 is 17.7 Å². The first-order chi connectivity index (χ1) is 8.72. The number of rotatable bonds is 4. The number of ether oxygens (including phenoxy) is 1. The van der Waals surface area contributed by atoms with Crippen LogP contribution in [0.4, 0.5) is 0 Å². The molecule has 1 saturated heterocycles. The largest absolute Gasteiger partial charge is 0.480 e. The lowest BCUT2D eigenvalue weighted by Crippen LogP contribution is -2.33. The highest BCUT2D eigenvalue weighted by Crippen LogP contribution is 2.37. The fourth-order valence-electron chi connectivity index (χ4n) is 1.73. The summed E-state index contributed by atoms with van der Waals surface area (Å²) < 4.78 is 5.33. The van der Waals surface area contributed by atoms with Gasteiger partial charge in [-0.1, -0.05) is 18.2 Å². The molecule has 94 valence electrons. The van der Waals surface area contributed by atoms with Crippen LogP contribution in [0.3, 0.4) is 0 Å². The van der Waals surface area contributed by atoms with Gasteiger partial charge in [0.25, 0.3) is 0 Å². The monoisotopic (exact) mass is 264 g/mol. The zero-order chi connectivity index (χ0) is 13.0. The van der Waals surface area contributed by atoms with Crippen LogP contribution in [0, 0.1) is 11.3 Å². The van der Waals surface area contributed by atoms with Crippen LogP contribution in [-0.2, 0) is 4.79 Å². The number of hydrogen-bond donors (Lipinski definition) is 2. The highest BCUT2D eigenvalue weighted by molar-refractivity contribution is 7.99. The van der Waals surface area contributed by atoms with Crippen molar-refractivity contribution in [3.63, 3.8) is 0 Å². The average molecular weight is 264 g/mol. The van der Waals surface area contributed by atoms with E-state index >= 15 is 0 Å². The predicted molar refractivity (Wildman–Crippen MR) is 67.3 cm³/mol. The van der Waals surface area contributed by atoms with E-state index in [0.29, 0.717) is 11.5 Å². The molecule has 0 bridgehead atoms. The van der Waals surface area contributed by atoms with Crippen molar-refractivity contribution in [2.24, 2.45) is 0 Å². The second-order valence-electron chi connectivity index (χ2n) is 3.76. The number of hydrogen-bond acceptors (Lipinski definition) is 5. The summed E-state index contributed by atoms with van der Waals surface area (Å²) in [5, 5.41) is 20.4. The molecule has 2 rings (SSSR count). The molecule has 2 atom stereocenters. The molecule has 1 aromatic carbocycles. The number of para-hydroxylation sites is 1. The van der Waals surface area contributed by atoms with Gasteiger partial charge in [0.15, 0.2) is 6.61 Å². The molecule has 1 aliphatic heterocycles. The molecule has 2 unspecified atom stereocenters. The third-order valence-electron chi connectivity index (χ3n) is 2.57. The molecular formula is C12H12N2O3S. The normalized spacial score (nSPS) is 22.4. The number of thioether (sulfide) groups is 1. The summed E-state index contributed by atoms with van der Waals surface area (Å²) in [6, 6.07) is 8.73. The zero-order valence-electron chi connectivity index (χ0n) is 9.50. The number of carbonyl (C=O) groups is 1. The van der Waals surface area contributed by atoms with Crippen molar-refractivity contribution < 1.29 is 14.6 Å². The van der Waals surface area contributed by atoms with E-state index in [1.807, 2.05) is 24.3 Å². The SMILES string of the molecule is N#CCOc1ccccc1C1NC(C(=O)O)CS1. The summed E-state index contributed by atoms with van der Waals surface area (Å²) in [5.41, 5.74) is 0.876. The predicted octanol–water partition coefficient (Wildman–Crippen LogP) is 1.38. The molecule has 0 aliphatic carbocycles. The number of nitrogens with zero attached hydrogens (tertiary/aromatic N) is 1. The maximum atomic E-state index is 10.9. The molecule has 1 heterocycles. The van der Waals surface area contributed by atoms with E-state index in [0.717, 1.165) is 5.56 Å². The first-order valence-corrected chi connectivity index (χ1v) is 6.46. The van der Waals surface area contributed by atoms with E-state index in [2.05, 4.69) is 5.32 Å². The fraction of sp³-hybridized carbons (Fsp3) is 0.333. The Morgan fingerprint density at radius 2 is 2.39 bits per heavy atom. The Labute approximate surface area is 109 Å². The van der Waals surface area contributed by atoms with Crippen molar-refractivity contribution in [3.8, 4) is 11.8 Å². The van der Waals surface area contributed by atoms with E-state index in [1.54, 1.807) is 6.07 Å². The van der Waals surface area contributed by atoms with Crippen molar-refractivity contribution in [1.29, 1.82) is 5.26 Å². The summed E-state index contributed by atoms with van der Waals surface area (Å²) in [4.78, 5) is 10.9. The highest BCUT2D eigenvalue weighted by Gasteiger charge is 2.31. The van der Waals surface area contributed by atoms with Crippen LogP contribution >= 0.6 is 11.8 Å². The van der Waals surface area contributed by atoms with Crippen LogP contribution in [0.5, 0.6) is 5.75 Å². The smallest absolute Gasteiger partial charge is 0.321 e. The number of carboxylic acid groups (broad SMARTS) is 1. The van der Waals surface area contributed by atoms with E-state index in [-0.39, 0.29) is 12.0 Å². The standard InChI is InChI=1S/C12H12N2O3S/c13-5-6-17-10-4-2-1-3-8(10)11-14-9(7-18-11)12(15)16/h1-4,9,11,14H,6-7H2,(H,15,16). The number of aliphatic carboxylic acids is 1. The van der Waals surface area contributed by atoms with Crippen LogP contribution in [0.25, 0.3) is 0 Å². The van der Waals surface area contributed by atoms with Crippen LogP contribution in [-0.4, -0.2) is 29.5 Å². The second kappa shape index (κ2) is 5.76. The first-order valence-electron chi connectivity index (χ1n) is 5.41. The Balaban J connectivity index is 2.14. The average Bonchev–Trinajstić information content (AvgIpc) is 2.86. The van der Waals surface area contributed by atoms with Gasteiger partial charge >= 0.3 is 5.97 Å². The lowest BCUT2D eigenvalue weighted by Gasteiger charge is -2.15. The maximum Gasteiger partial charge on any atom is 0.321 e. The summed E-state index contributed by atoms with van der Waals surface area (Å²) in [6.45, 7) is -0.0171. The molecule has 6 heteroatoms. The third-order valence-corrected chi connectivity index (χ3v) is 3.82. The topological polar surface area (TPSA) is 82.3 Å². The van der Waals surface area contributed by atoms with Crippen molar-refractivity contribution in [2.75, 3.05) is 12.4 Å². The Bertz CT molecular complexity index is 486. The maximum absolute atomic E-state index is 10.9. The third kappa shape index (κ3) is 2.75. The molecular weight excluding hydrogens is 252 g/mol. The van der Waals surface area contributed by atoms with Gasteiger partial charge in [-0.05, 0) is 6.07 Å². The van der Waals surface area contributed by atoms with E-state index in [4.69, 9.17) is 15.1 Å². The zero-order valence-corrected chi connectivity index (χ0v) is 10.3. The highest BCUT2D eigenvalue weighted by atomic mass is 32.2. The summed E-state index contributed by atoms with van der Waals surface area (Å²) in [7, 11) is 0. The molecule has 0 amide bonds. The van der Waals surface area contributed by atoms with Gasteiger partial charge in [0.05, 0.1) is 5.37 Å². The lowest BCUT2D eigenvalue weighted by atomic mass is 10.2. The van der Waals surface area contributed by atoms with Gasteiger partial charge in [-0.25, -0.2) is 0 Å². The number of carboxylic acids is 1. The molecule has 1 fully saturated rings. The summed E-state index contributed by atoms with van der Waals surface area (Å²) >= 11 is 1.52. The van der Waals surface area contributed by atoms with E-state index < -0.39 is 12.0 Å². The summed E-state index contributed by atoms with van der Waals surface area (Å²) in [6.07, 6.45) is 0. The number of nitriles is 1. The first kappa shape index (κ1) is 12.7. The van der Waals surface area contributed by atoms with Gasteiger partial charge in [0, 0.05) is 11.3 Å². The van der Waals surface area contributed by atoms with Gasteiger partial charge in [-0.2, -0.15) is 5.26 Å². The van der Waals surface area contributed by atoms with Gasteiger partial charge in [0.2, 0.25) is 0 Å². The fourth-order valence-corrected chi connectivity index (χ4v) is 2.99. The molecule has 0 saturated carbocycles. The Morgan fingerprint density at radius 1 is 1.61 bits per heavy atom. The minimum Gasteiger partial charge on any atom is -0.480 e. The Kier molecular flexibility index (Phi) is 4.07. The lowest BCUT2D eigenvalue weighted by molar-refractivity contribution is -0.138. The van der Waals surface area contributed by atoms with E-state index in [1.165, 1.54) is 11.8 Å². The second-order valence-corrected chi connectivity index (χ2v) is 4.89. The molecule has 0 aromatic heterocycles. The van der Waals surface area contributed by atoms with Crippen molar-refractivity contribution in [1.82, 2.24) is 5.32 Å². The minimum absolute atomic E-state index is 0.0171. The number of nitrogens with one attached hydrogen (secondary N) is 1. The molecule has 0 spiro atoms. The van der Waals surface area contributed by atoms with Gasteiger partial charge in [0.1, 0.15) is 17.9 Å². The van der Waals surface area contributed by atoms with Crippen molar-refractivity contribution in [2.45, 2.75) is 11.4 Å². The van der Waals surface area contributed by atoms with Crippen LogP contribution in [0.15, 0.2) is 24.3 Å². The van der Waals surface area contributed by atoms with Crippen LogP contribution in [0.1, 0.15) is 10.9 Å². The molecule has 18 heavy (non-hydrogen) atoms. The van der Waals surface area contributed by atoms with Crippen LogP contribution < -0.4 is 10.1 Å². The van der Waals surface area contributed by atoms with Gasteiger partial charge in [-0.3, -0.25) is 10.1 Å². The molecule has 2 N–H and O–H groups in total. The van der Waals surface area contributed by atoms with E-state index in [9.17, 15) is 4.79 Å². The Hall–Kier alpha value is -1.71. The quantitative estimate of drug-likeness (QED) is 0.855.